The second-order valence-corrected chi connectivity index (χ2v) is 6.32. The van der Waals surface area contributed by atoms with Gasteiger partial charge in [-0.3, -0.25) is 18.5 Å². The molecule has 0 saturated heterocycles. The molecule has 3 aromatic rings. The summed E-state index contributed by atoms with van der Waals surface area (Å²) in [5.74, 6) is 0.461. The number of rotatable bonds is 6. The number of hydrogen-bond acceptors (Lipinski definition) is 5. The third kappa shape index (κ3) is 3.03. The third-order valence-corrected chi connectivity index (χ3v) is 4.58. The molecule has 0 aliphatic carbocycles. The standard InChI is InChI=1S/C18H23N5O3/c1-4-13(11-24)19-17-20-15-14(16(25)22(3)18(26)21(15)2)23(17)10-12-8-6-5-7-9-12/h5-9,13,24H,4,10-11H2,1-3H3,(H,19,20). The van der Waals surface area contributed by atoms with Crippen LogP contribution >= 0.6 is 0 Å². The van der Waals surface area contributed by atoms with Crippen molar-refractivity contribution in [3.63, 3.8) is 0 Å². The maximum atomic E-state index is 12.8. The topological polar surface area (TPSA) is 94.1 Å². The number of nitrogens with zero attached hydrogens (tertiary/aromatic N) is 4. The highest BCUT2D eigenvalue weighted by molar-refractivity contribution is 5.74. The second kappa shape index (κ2) is 7.17. The van der Waals surface area contributed by atoms with Gasteiger partial charge in [0.15, 0.2) is 11.2 Å². The van der Waals surface area contributed by atoms with Crippen LogP contribution in [0.5, 0.6) is 0 Å². The van der Waals surface area contributed by atoms with E-state index in [1.165, 1.54) is 11.6 Å². The molecule has 8 heteroatoms. The summed E-state index contributed by atoms with van der Waals surface area (Å²) in [7, 11) is 3.05. The number of aromatic nitrogens is 4. The zero-order chi connectivity index (χ0) is 18.8. The fraction of sp³-hybridized carbons (Fsp3) is 0.389. The van der Waals surface area contributed by atoms with Gasteiger partial charge in [0.2, 0.25) is 5.95 Å². The van der Waals surface area contributed by atoms with Crippen molar-refractivity contribution in [3.8, 4) is 0 Å². The molecule has 0 saturated carbocycles. The first-order valence-corrected chi connectivity index (χ1v) is 8.55. The van der Waals surface area contributed by atoms with E-state index in [1.54, 1.807) is 11.6 Å². The average molecular weight is 357 g/mol. The Morgan fingerprint density at radius 2 is 1.85 bits per heavy atom. The van der Waals surface area contributed by atoms with Gasteiger partial charge in [0.25, 0.3) is 5.56 Å². The first kappa shape index (κ1) is 17.9. The van der Waals surface area contributed by atoms with E-state index in [0.29, 0.717) is 30.1 Å². The van der Waals surface area contributed by atoms with E-state index in [9.17, 15) is 14.7 Å². The molecular formula is C18H23N5O3. The molecule has 1 aromatic carbocycles. The number of aliphatic hydroxyl groups excluding tert-OH is 1. The van der Waals surface area contributed by atoms with Crippen LogP contribution in [0.2, 0.25) is 0 Å². The Labute approximate surface area is 150 Å². The number of aliphatic hydroxyl groups is 1. The molecule has 8 nitrogen and oxygen atoms in total. The first-order valence-electron chi connectivity index (χ1n) is 8.55. The van der Waals surface area contributed by atoms with Crippen LogP contribution in [-0.2, 0) is 20.6 Å². The summed E-state index contributed by atoms with van der Waals surface area (Å²) < 4.78 is 4.21. The Morgan fingerprint density at radius 3 is 2.46 bits per heavy atom. The van der Waals surface area contributed by atoms with Gasteiger partial charge in [-0.1, -0.05) is 37.3 Å². The summed E-state index contributed by atoms with van der Waals surface area (Å²) in [4.78, 5) is 29.5. The molecule has 1 unspecified atom stereocenters. The largest absolute Gasteiger partial charge is 0.394 e. The van der Waals surface area contributed by atoms with Crippen LogP contribution in [0.15, 0.2) is 39.9 Å². The van der Waals surface area contributed by atoms with Gasteiger partial charge in [-0.2, -0.15) is 4.98 Å². The maximum absolute atomic E-state index is 12.8. The van der Waals surface area contributed by atoms with E-state index < -0.39 is 11.2 Å². The smallest absolute Gasteiger partial charge is 0.332 e. The van der Waals surface area contributed by atoms with Crippen molar-refractivity contribution >= 4 is 17.1 Å². The summed E-state index contributed by atoms with van der Waals surface area (Å²) in [5, 5.41) is 12.7. The van der Waals surface area contributed by atoms with Crippen molar-refractivity contribution < 1.29 is 5.11 Å². The number of fused-ring (bicyclic) bond motifs is 1. The van der Waals surface area contributed by atoms with Crippen molar-refractivity contribution in [1.29, 1.82) is 0 Å². The number of aryl methyl sites for hydroxylation is 1. The number of benzene rings is 1. The molecule has 3 rings (SSSR count). The Balaban J connectivity index is 2.26. The third-order valence-electron chi connectivity index (χ3n) is 4.58. The van der Waals surface area contributed by atoms with E-state index in [0.717, 1.165) is 10.1 Å². The highest BCUT2D eigenvalue weighted by Crippen LogP contribution is 2.19. The second-order valence-electron chi connectivity index (χ2n) is 6.32. The first-order chi connectivity index (χ1) is 12.5. The van der Waals surface area contributed by atoms with Crippen LogP contribution in [0.4, 0.5) is 5.95 Å². The van der Waals surface area contributed by atoms with Gasteiger partial charge in [0.1, 0.15) is 0 Å². The van der Waals surface area contributed by atoms with Crippen LogP contribution in [0.1, 0.15) is 18.9 Å². The summed E-state index contributed by atoms with van der Waals surface area (Å²) in [6, 6.07) is 9.52. The number of imidazole rings is 1. The van der Waals surface area contributed by atoms with Gasteiger partial charge in [0.05, 0.1) is 19.2 Å². The van der Waals surface area contributed by atoms with Crippen molar-refractivity contribution in [2.75, 3.05) is 11.9 Å². The molecule has 2 heterocycles. The fourth-order valence-electron chi connectivity index (χ4n) is 2.94. The normalized spacial score (nSPS) is 12.5. The van der Waals surface area contributed by atoms with E-state index in [-0.39, 0.29) is 12.6 Å². The molecule has 0 fully saturated rings. The molecule has 2 N–H and O–H groups in total. The van der Waals surface area contributed by atoms with Gasteiger partial charge in [-0.25, -0.2) is 4.79 Å². The minimum Gasteiger partial charge on any atom is -0.394 e. The number of nitrogens with one attached hydrogen (secondary N) is 1. The lowest BCUT2D eigenvalue weighted by molar-refractivity contribution is 0.271. The molecule has 0 spiro atoms. The number of hydrogen-bond donors (Lipinski definition) is 2. The van der Waals surface area contributed by atoms with Crippen LogP contribution in [0.3, 0.4) is 0 Å². The lowest BCUT2D eigenvalue weighted by atomic mass is 10.2. The molecule has 0 aliphatic heterocycles. The van der Waals surface area contributed by atoms with Crippen molar-refractivity contribution in [3.05, 3.63) is 56.7 Å². The molecule has 138 valence electrons. The quantitative estimate of drug-likeness (QED) is 0.676. The Morgan fingerprint density at radius 1 is 1.15 bits per heavy atom. The van der Waals surface area contributed by atoms with Gasteiger partial charge in [0, 0.05) is 14.1 Å². The molecule has 1 atom stereocenters. The molecule has 2 aromatic heterocycles. The van der Waals surface area contributed by atoms with Crippen LogP contribution < -0.4 is 16.6 Å². The highest BCUT2D eigenvalue weighted by atomic mass is 16.3. The molecule has 0 amide bonds. The fourth-order valence-corrected chi connectivity index (χ4v) is 2.94. The Hall–Kier alpha value is -2.87. The summed E-state index contributed by atoms with van der Waals surface area (Å²) in [6.07, 6.45) is 0.696. The van der Waals surface area contributed by atoms with Gasteiger partial charge in [-0.15, -0.1) is 0 Å². The zero-order valence-electron chi connectivity index (χ0n) is 15.1. The average Bonchev–Trinajstić information content (AvgIpc) is 3.01. The minimum absolute atomic E-state index is 0.0536. The maximum Gasteiger partial charge on any atom is 0.332 e. The molecule has 0 bridgehead atoms. The predicted octanol–water partition coefficient (Wildman–Crippen LogP) is 0.665. The lowest BCUT2D eigenvalue weighted by Crippen LogP contribution is -2.37. The van der Waals surface area contributed by atoms with Crippen LogP contribution in [0.25, 0.3) is 11.2 Å². The van der Waals surface area contributed by atoms with Crippen LogP contribution in [0, 0.1) is 0 Å². The van der Waals surface area contributed by atoms with E-state index >= 15 is 0 Å². The molecule has 0 aliphatic rings. The minimum atomic E-state index is -0.424. The zero-order valence-corrected chi connectivity index (χ0v) is 15.1. The molecule has 26 heavy (non-hydrogen) atoms. The van der Waals surface area contributed by atoms with Crippen molar-refractivity contribution in [1.82, 2.24) is 18.7 Å². The van der Waals surface area contributed by atoms with Gasteiger partial charge < -0.3 is 10.4 Å². The summed E-state index contributed by atoms with van der Waals surface area (Å²) in [5.41, 5.74) is 0.866. The Bertz CT molecular complexity index is 1030. The van der Waals surface area contributed by atoms with E-state index in [1.807, 2.05) is 37.3 Å². The van der Waals surface area contributed by atoms with Crippen molar-refractivity contribution in [2.45, 2.75) is 25.9 Å². The number of anilines is 1. The predicted molar refractivity (Wildman–Crippen MR) is 101 cm³/mol. The van der Waals surface area contributed by atoms with E-state index in [4.69, 9.17) is 0 Å². The summed E-state index contributed by atoms with van der Waals surface area (Å²) >= 11 is 0. The van der Waals surface area contributed by atoms with Crippen LogP contribution in [-0.4, -0.2) is 36.4 Å². The molecular weight excluding hydrogens is 334 g/mol. The highest BCUT2D eigenvalue weighted by Gasteiger charge is 2.20. The van der Waals surface area contributed by atoms with E-state index in [2.05, 4.69) is 10.3 Å². The SMILES string of the molecule is CCC(CO)Nc1nc2c(c(=O)n(C)c(=O)n2C)n1Cc1ccccc1. The lowest BCUT2D eigenvalue weighted by Gasteiger charge is -2.16. The Kier molecular flexibility index (Phi) is 4.94. The van der Waals surface area contributed by atoms with Gasteiger partial charge >= 0.3 is 5.69 Å². The summed E-state index contributed by atoms with van der Waals surface area (Å²) in [6.45, 7) is 2.32. The molecule has 0 radical (unpaired) electrons. The van der Waals surface area contributed by atoms with Crippen molar-refractivity contribution in [2.24, 2.45) is 14.1 Å². The van der Waals surface area contributed by atoms with Gasteiger partial charge in [-0.05, 0) is 12.0 Å². The monoisotopic (exact) mass is 357 g/mol.